The first-order valence-electron chi connectivity index (χ1n) is 5.36. The maximum absolute atomic E-state index is 13.9. The molecule has 0 aliphatic heterocycles. The van der Waals surface area contributed by atoms with E-state index in [0.29, 0.717) is 0 Å². The minimum atomic E-state index is -0.839. The molecule has 0 saturated carbocycles. The summed E-state index contributed by atoms with van der Waals surface area (Å²) in [6, 6.07) is 4.68. The maximum atomic E-state index is 13.9. The van der Waals surface area contributed by atoms with Crippen molar-refractivity contribution in [1.29, 1.82) is 0 Å². The lowest BCUT2D eigenvalue weighted by molar-refractivity contribution is 0.0730. The van der Waals surface area contributed by atoms with E-state index in [2.05, 4.69) is 15.9 Å². The molecule has 0 atom stereocenters. The molecule has 0 spiro atoms. The van der Waals surface area contributed by atoms with E-state index in [4.69, 9.17) is 5.73 Å². The van der Waals surface area contributed by atoms with Crippen LogP contribution in [0.4, 0.5) is 4.39 Å². The van der Waals surface area contributed by atoms with Gasteiger partial charge in [-0.25, -0.2) is 4.39 Å². The van der Waals surface area contributed by atoms with E-state index in [-0.39, 0.29) is 15.8 Å². The van der Waals surface area contributed by atoms with Crippen LogP contribution in [0.1, 0.15) is 38.1 Å². The molecule has 0 aliphatic rings. The quantitative estimate of drug-likeness (QED) is 0.868. The number of benzene rings is 1. The first kappa shape index (κ1) is 14.3. The summed E-state index contributed by atoms with van der Waals surface area (Å²) in [4.78, 5) is 12.3. The summed E-state index contributed by atoms with van der Waals surface area (Å²) < 4.78 is 14.1. The van der Waals surface area contributed by atoms with Crippen LogP contribution in [-0.2, 0) is 0 Å². The van der Waals surface area contributed by atoms with Crippen molar-refractivity contribution >= 4 is 21.7 Å². The molecule has 0 unspecified atom stereocenters. The summed E-state index contributed by atoms with van der Waals surface area (Å²) in [6.45, 7) is 6.99. The second kappa shape index (κ2) is 4.50. The van der Waals surface area contributed by atoms with Gasteiger partial charge in [0, 0.05) is 11.0 Å². The van der Waals surface area contributed by atoms with Crippen LogP contribution in [0.3, 0.4) is 0 Å². The second-order valence-corrected chi connectivity index (χ2v) is 6.13. The lowest BCUT2D eigenvalue weighted by atomic mass is 9.70. The topological polar surface area (TPSA) is 43.1 Å². The summed E-state index contributed by atoms with van der Waals surface area (Å²) in [7, 11) is 0. The highest BCUT2D eigenvalue weighted by molar-refractivity contribution is 9.10. The molecular weight excluding hydrogens is 285 g/mol. The fourth-order valence-electron chi connectivity index (χ4n) is 1.31. The number of nitrogens with two attached hydrogens (primary N) is 1. The fraction of sp³-hybridized carbons (Fsp3) is 0.462. The fourth-order valence-corrected chi connectivity index (χ4v) is 1.67. The van der Waals surface area contributed by atoms with Gasteiger partial charge in [0.15, 0.2) is 5.78 Å². The molecule has 17 heavy (non-hydrogen) atoms. The summed E-state index contributed by atoms with van der Waals surface area (Å²) in [5, 5.41) is 0. The van der Waals surface area contributed by atoms with Crippen LogP contribution in [0.15, 0.2) is 22.7 Å². The Hall–Kier alpha value is -0.740. The summed E-state index contributed by atoms with van der Waals surface area (Å²) in [6.07, 6.45) is 0. The Morgan fingerprint density at radius 2 is 1.82 bits per heavy atom. The monoisotopic (exact) mass is 301 g/mol. The van der Waals surface area contributed by atoms with E-state index in [1.807, 2.05) is 0 Å². The van der Waals surface area contributed by atoms with Crippen molar-refractivity contribution in [1.82, 2.24) is 0 Å². The number of ketones is 1. The predicted molar refractivity (Wildman–Crippen MR) is 70.5 cm³/mol. The van der Waals surface area contributed by atoms with E-state index in [1.54, 1.807) is 39.8 Å². The molecule has 0 aromatic heterocycles. The van der Waals surface area contributed by atoms with Crippen LogP contribution < -0.4 is 5.73 Å². The van der Waals surface area contributed by atoms with Gasteiger partial charge in [0.1, 0.15) is 5.82 Å². The molecule has 4 heteroatoms. The highest BCUT2D eigenvalue weighted by Gasteiger charge is 2.41. The highest BCUT2D eigenvalue weighted by Crippen LogP contribution is 2.34. The molecule has 94 valence electrons. The number of hydrogen-bond acceptors (Lipinski definition) is 2. The van der Waals surface area contributed by atoms with Gasteiger partial charge in [-0.2, -0.15) is 0 Å². The molecule has 1 rings (SSSR count). The van der Waals surface area contributed by atoms with E-state index >= 15 is 0 Å². The molecule has 0 aliphatic carbocycles. The molecule has 2 N–H and O–H groups in total. The molecule has 0 bridgehead atoms. The maximum Gasteiger partial charge on any atom is 0.173 e. The zero-order chi connectivity index (χ0) is 13.4. The third kappa shape index (κ3) is 2.58. The zero-order valence-corrected chi connectivity index (χ0v) is 12.1. The Morgan fingerprint density at radius 1 is 1.29 bits per heavy atom. The Morgan fingerprint density at radius 3 is 2.29 bits per heavy atom. The van der Waals surface area contributed by atoms with Crippen molar-refractivity contribution < 1.29 is 9.18 Å². The van der Waals surface area contributed by atoms with Crippen molar-refractivity contribution in [2.45, 2.75) is 33.2 Å². The molecule has 0 amide bonds. The molecule has 0 saturated heterocycles. The van der Waals surface area contributed by atoms with Gasteiger partial charge in [0.25, 0.3) is 0 Å². The van der Waals surface area contributed by atoms with Crippen LogP contribution in [0.25, 0.3) is 0 Å². The van der Waals surface area contributed by atoms with Crippen LogP contribution in [0.5, 0.6) is 0 Å². The zero-order valence-electron chi connectivity index (χ0n) is 10.5. The third-order valence-corrected chi connectivity index (χ3v) is 3.99. The van der Waals surface area contributed by atoms with Crippen LogP contribution >= 0.6 is 15.9 Å². The lowest BCUT2D eigenvalue weighted by Crippen LogP contribution is -2.52. The Bertz CT molecular complexity index is 449. The highest BCUT2D eigenvalue weighted by atomic mass is 79.9. The van der Waals surface area contributed by atoms with Gasteiger partial charge in [-0.15, -0.1) is 0 Å². The average molecular weight is 302 g/mol. The van der Waals surface area contributed by atoms with Crippen LogP contribution in [0, 0.1) is 11.2 Å². The second-order valence-electron chi connectivity index (χ2n) is 5.28. The third-order valence-electron chi connectivity index (χ3n) is 3.37. The van der Waals surface area contributed by atoms with Gasteiger partial charge in [0.05, 0.1) is 10.0 Å². The van der Waals surface area contributed by atoms with Crippen molar-refractivity contribution in [3.05, 3.63) is 34.1 Å². The number of rotatable bonds is 3. The molecule has 0 heterocycles. The van der Waals surface area contributed by atoms with Gasteiger partial charge < -0.3 is 5.73 Å². The first-order valence-corrected chi connectivity index (χ1v) is 6.16. The Kier molecular flexibility index (Phi) is 3.79. The molecule has 0 fully saturated rings. The minimum absolute atomic E-state index is 0.0721. The van der Waals surface area contributed by atoms with E-state index < -0.39 is 16.8 Å². The Balaban J connectivity index is 3.27. The SMILES string of the molecule is CC(C)(N)C(C)(C)C(=O)c1cccc(Br)c1F. The predicted octanol–water partition coefficient (Wildman–Crippen LogP) is 3.53. The number of carbonyl (C=O) groups excluding carboxylic acids is 1. The molecular formula is C13H17BrFNO. The molecule has 0 radical (unpaired) electrons. The van der Waals surface area contributed by atoms with Crippen molar-refractivity contribution in [3.63, 3.8) is 0 Å². The van der Waals surface area contributed by atoms with Gasteiger partial charge in [0.2, 0.25) is 0 Å². The van der Waals surface area contributed by atoms with Gasteiger partial charge in [-0.05, 0) is 41.9 Å². The van der Waals surface area contributed by atoms with E-state index in [0.717, 1.165) is 0 Å². The summed E-state index contributed by atoms with van der Waals surface area (Å²) in [5.74, 6) is -0.821. The number of halogens is 2. The summed E-state index contributed by atoms with van der Waals surface area (Å²) in [5.41, 5.74) is 4.49. The van der Waals surface area contributed by atoms with Crippen molar-refractivity contribution in [3.8, 4) is 0 Å². The molecule has 1 aromatic carbocycles. The lowest BCUT2D eigenvalue weighted by Gasteiger charge is -2.37. The largest absolute Gasteiger partial charge is 0.325 e. The number of carbonyl (C=O) groups is 1. The smallest absolute Gasteiger partial charge is 0.173 e. The number of hydrogen-bond donors (Lipinski definition) is 1. The standard InChI is InChI=1S/C13H17BrFNO/c1-12(2,13(3,4)16)11(17)8-6-5-7-9(14)10(8)15/h5-7H,16H2,1-4H3. The van der Waals surface area contributed by atoms with Gasteiger partial charge >= 0.3 is 0 Å². The first-order chi connectivity index (χ1) is 7.59. The molecule has 2 nitrogen and oxygen atoms in total. The Labute approximate surface area is 110 Å². The van der Waals surface area contributed by atoms with Crippen LogP contribution in [0.2, 0.25) is 0 Å². The molecule has 1 aromatic rings. The average Bonchev–Trinajstić information content (AvgIpc) is 2.19. The van der Waals surface area contributed by atoms with Gasteiger partial charge in [-0.3, -0.25) is 4.79 Å². The van der Waals surface area contributed by atoms with Gasteiger partial charge in [-0.1, -0.05) is 19.9 Å². The van der Waals surface area contributed by atoms with E-state index in [1.165, 1.54) is 6.07 Å². The van der Waals surface area contributed by atoms with Crippen molar-refractivity contribution in [2.24, 2.45) is 11.1 Å². The summed E-state index contributed by atoms with van der Waals surface area (Å²) >= 11 is 3.07. The van der Waals surface area contributed by atoms with Crippen molar-refractivity contribution in [2.75, 3.05) is 0 Å². The van der Waals surface area contributed by atoms with Crippen LogP contribution in [-0.4, -0.2) is 11.3 Å². The number of Topliss-reactive ketones (excluding diaryl/α,β-unsaturated/α-hetero) is 1. The van der Waals surface area contributed by atoms with E-state index in [9.17, 15) is 9.18 Å². The normalized spacial score (nSPS) is 12.6. The minimum Gasteiger partial charge on any atom is -0.325 e.